The van der Waals surface area contributed by atoms with Crippen molar-refractivity contribution >= 4 is 17.4 Å². The summed E-state index contributed by atoms with van der Waals surface area (Å²) in [5.41, 5.74) is 1.90. The van der Waals surface area contributed by atoms with Gasteiger partial charge in [-0.1, -0.05) is 30.3 Å². The number of amides is 1. The highest BCUT2D eigenvalue weighted by atomic mass is 16.2. The third-order valence-electron chi connectivity index (χ3n) is 7.36. The third-order valence-corrected chi connectivity index (χ3v) is 7.36. The van der Waals surface area contributed by atoms with Gasteiger partial charge in [0.15, 0.2) is 5.78 Å². The van der Waals surface area contributed by atoms with Crippen molar-refractivity contribution in [1.29, 1.82) is 0 Å². The Labute approximate surface area is 166 Å². The molecule has 0 N–H and O–H groups in total. The van der Waals surface area contributed by atoms with E-state index >= 15 is 0 Å². The molecule has 4 saturated carbocycles. The molecule has 4 aliphatic carbocycles. The lowest BCUT2D eigenvalue weighted by Gasteiger charge is -2.56. The van der Waals surface area contributed by atoms with Gasteiger partial charge in [-0.2, -0.15) is 0 Å². The molecule has 3 heteroatoms. The van der Waals surface area contributed by atoms with Crippen molar-refractivity contribution in [2.24, 2.45) is 23.2 Å². The predicted molar refractivity (Wildman–Crippen MR) is 111 cm³/mol. The van der Waals surface area contributed by atoms with Crippen LogP contribution < -0.4 is 4.90 Å². The molecule has 3 nitrogen and oxygen atoms in total. The summed E-state index contributed by atoms with van der Waals surface area (Å²) in [7, 11) is 1.78. The zero-order valence-electron chi connectivity index (χ0n) is 16.4. The number of ketones is 1. The zero-order chi connectivity index (χ0) is 19.3. The minimum absolute atomic E-state index is 0.0774. The maximum Gasteiger partial charge on any atom is 0.258 e. The molecule has 0 unspecified atom stereocenters. The zero-order valence-corrected chi connectivity index (χ0v) is 16.4. The predicted octanol–water partition coefficient (Wildman–Crippen LogP) is 5.36. The van der Waals surface area contributed by atoms with E-state index in [1.165, 1.54) is 19.3 Å². The number of carbonyl (C=O) groups is 2. The molecule has 6 rings (SSSR count). The number of nitrogens with zero attached hydrogens (tertiary/aromatic N) is 1. The number of hydrogen-bond acceptors (Lipinski definition) is 2. The molecular weight excluding hydrogens is 346 g/mol. The van der Waals surface area contributed by atoms with Gasteiger partial charge >= 0.3 is 0 Å². The molecule has 1 amide bonds. The molecule has 144 valence electrons. The fourth-order valence-corrected chi connectivity index (χ4v) is 6.52. The van der Waals surface area contributed by atoms with Gasteiger partial charge in [-0.25, -0.2) is 0 Å². The largest absolute Gasteiger partial charge is 0.311 e. The lowest BCUT2D eigenvalue weighted by atomic mass is 9.48. The normalized spacial score (nSPS) is 30.2. The summed E-state index contributed by atoms with van der Waals surface area (Å²) >= 11 is 0. The fourth-order valence-electron chi connectivity index (χ4n) is 6.52. The van der Waals surface area contributed by atoms with Crippen LogP contribution in [0.15, 0.2) is 54.6 Å². The highest BCUT2D eigenvalue weighted by molar-refractivity contribution is 6.12. The second-order valence-corrected chi connectivity index (χ2v) is 9.27. The van der Waals surface area contributed by atoms with Gasteiger partial charge < -0.3 is 4.90 Å². The first-order chi connectivity index (χ1) is 13.6. The molecule has 4 aliphatic rings. The van der Waals surface area contributed by atoms with Crippen molar-refractivity contribution in [3.8, 4) is 0 Å². The molecule has 28 heavy (non-hydrogen) atoms. The highest BCUT2D eigenvalue weighted by Gasteiger charge is 2.54. The summed E-state index contributed by atoms with van der Waals surface area (Å²) in [6, 6.07) is 17.0. The van der Waals surface area contributed by atoms with Crippen LogP contribution in [-0.4, -0.2) is 18.7 Å². The topological polar surface area (TPSA) is 37.4 Å². The molecule has 0 aliphatic heterocycles. The summed E-state index contributed by atoms with van der Waals surface area (Å²) < 4.78 is 0. The molecule has 2 aromatic rings. The number of anilines is 1. The molecular formula is C25H27NO2. The molecule has 0 radical (unpaired) electrons. The lowest BCUT2D eigenvalue weighted by molar-refractivity contribution is -0.0352. The Hall–Kier alpha value is -2.42. The number of hydrogen-bond donors (Lipinski definition) is 0. The number of carbonyl (C=O) groups excluding carboxylic acids is 2. The van der Waals surface area contributed by atoms with E-state index in [2.05, 4.69) is 0 Å². The monoisotopic (exact) mass is 373 g/mol. The van der Waals surface area contributed by atoms with Crippen LogP contribution in [0.1, 0.15) is 59.2 Å². The molecule has 2 aromatic carbocycles. The summed E-state index contributed by atoms with van der Waals surface area (Å²) in [5, 5.41) is 0. The summed E-state index contributed by atoms with van der Waals surface area (Å²) in [4.78, 5) is 28.5. The second kappa shape index (κ2) is 6.58. The SMILES string of the molecule is CN(C(=O)c1ccccc1)c1ccccc1C(=O)C12CC3CC(CC(C3)C1)C2. The molecule has 0 atom stereocenters. The Balaban J connectivity index is 1.48. The van der Waals surface area contributed by atoms with Crippen LogP contribution >= 0.6 is 0 Å². The Bertz CT molecular complexity index is 882. The van der Waals surface area contributed by atoms with Gasteiger partial charge in [0.1, 0.15) is 0 Å². The van der Waals surface area contributed by atoms with Crippen LogP contribution in [0.25, 0.3) is 0 Å². The average Bonchev–Trinajstić information content (AvgIpc) is 2.72. The molecule has 4 bridgehead atoms. The Morgan fingerprint density at radius 1 is 0.821 bits per heavy atom. The van der Waals surface area contributed by atoms with Crippen molar-refractivity contribution in [3.63, 3.8) is 0 Å². The summed E-state index contributed by atoms with van der Waals surface area (Å²) in [6.45, 7) is 0. The minimum Gasteiger partial charge on any atom is -0.311 e. The average molecular weight is 373 g/mol. The molecule has 0 spiro atoms. The van der Waals surface area contributed by atoms with Crippen LogP contribution in [0.2, 0.25) is 0 Å². The number of para-hydroxylation sites is 1. The Morgan fingerprint density at radius 3 is 1.96 bits per heavy atom. The van der Waals surface area contributed by atoms with Gasteiger partial charge in [-0.15, -0.1) is 0 Å². The van der Waals surface area contributed by atoms with E-state index in [1.807, 2.05) is 54.6 Å². The van der Waals surface area contributed by atoms with Crippen LogP contribution in [0.5, 0.6) is 0 Å². The van der Waals surface area contributed by atoms with E-state index in [0.717, 1.165) is 48.3 Å². The number of rotatable bonds is 4. The second-order valence-electron chi connectivity index (χ2n) is 9.27. The first-order valence-electron chi connectivity index (χ1n) is 10.5. The smallest absolute Gasteiger partial charge is 0.258 e. The fraction of sp³-hybridized carbons (Fsp3) is 0.440. The lowest BCUT2D eigenvalue weighted by Crippen LogP contribution is -2.50. The van der Waals surface area contributed by atoms with Crippen LogP contribution in [0, 0.1) is 23.2 Å². The van der Waals surface area contributed by atoms with Crippen molar-refractivity contribution in [2.75, 3.05) is 11.9 Å². The first-order valence-corrected chi connectivity index (χ1v) is 10.5. The summed E-state index contributed by atoms with van der Waals surface area (Å²) in [5.74, 6) is 2.38. The van der Waals surface area contributed by atoms with Crippen LogP contribution in [0.3, 0.4) is 0 Å². The van der Waals surface area contributed by atoms with Crippen molar-refractivity contribution in [2.45, 2.75) is 38.5 Å². The van der Waals surface area contributed by atoms with Gasteiger partial charge in [0.05, 0.1) is 5.69 Å². The molecule has 4 fully saturated rings. The van der Waals surface area contributed by atoms with Crippen LogP contribution in [0.4, 0.5) is 5.69 Å². The molecule has 0 aromatic heterocycles. The van der Waals surface area contributed by atoms with Gasteiger partial charge in [-0.05, 0) is 80.5 Å². The third kappa shape index (κ3) is 2.80. The van der Waals surface area contributed by atoms with Crippen molar-refractivity contribution < 1.29 is 9.59 Å². The van der Waals surface area contributed by atoms with E-state index in [4.69, 9.17) is 0 Å². The maximum absolute atomic E-state index is 13.8. The summed E-state index contributed by atoms with van der Waals surface area (Å²) in [6.07, 6.45) is 7.09. The van der Waals surface area contributed by atoms with Crippen LogP contribution in [-0.2, 0) is 0 Å². The Kier molecular flexibility index (Phi) is 4.15. The van der Waals surface area contributed by atoms with Gasteiger partial charge in [0.2, 0.25) is 0 Å². The first kappa shape index (κ1) is 17.7. The maximum atomic E-state index is 13.8. The van der Waals surface area contributed by atoms with E-state index in [-0.39, 0.29) is 17.1 Å². The number of Topliss-reactive ketones (excluding diaryl/α,β-unsaturated/α-hetero) is 1. The van der Waals surface area contributed by atoms with Gasteiger partial charge in [0, 0.05) is 23.6 Å². The molecule has 0 saturated heterocycles. The van der Waals surface area contributed by atoms with Crippen molar-refractivity contribution in [3.05, 3.63) is 65.7 Å². The molecule has 0 heterocycles. The van der Waals surface area contributed by atoms with E-state index in [1.54, 1.807) is 11.9 Å². The number of benzene rings is 2. The van der Waals surface area contributed by atoms with Gasteiger partial charge in [-0.3, -0.25) is 9.59 Å². The van der Waals surface area contributed by atoms with E-state index in [9.17, 15) is 9.59 Å². The highest BCUT2D eigenvalue weighted by Crippen LogP contribution is 2.61. The van der Waals surface area contributed by atoms with E-state index in [0.29, 0.717) is 5.56 Å². The Morgan fingerprint density at radius 2 is 1.36 bits per heavy atom. The van der Waals surface area contributed by atoms with Gasteiger partial charge in [0.25, 0.3) is 5.91 Å². The quantitative estimate of drug-likeness (QED) is 0.676. The minimum atomic E-state index is -0.193. The van der Waals surface area contributed by atoms with Crippen molar-refractivity contribution in [1.82, 2.24) is 0 Å². The standard InChI is InChI=1S/C25H27NO2/c1-26(24(28)20-7-3-2-4-8-20)22-10-6-5-9-21(22)23(27)25-14-17-11-18(15-25)13-19(12-17)16-25/h2-10,17-19H,11-16H2,1H3. The van der Waals surface area contributed by atoms with E-state index < -0.39 is 0 Å².